The van der Waals surface area contributed by atoms with Gasteiger partial charge in [0.15, 0.2) is 5.82 Å². The summed E-state index contributed by atoms with van der Waals surface area (Å²) in [5, 5.41) is 4.25. The fraction of sp³-hybridized carbons (Fsp3) is 0.545. The third-order valence-corrected chi connectivity index (χ3v) is 6.82. The number of alkyl halides is 3. The Morgan fingerprint density at radius 3 is 2.48 bits per heavy atom. The Morgan fingerprint density at radius 2 is 1.85 bits per heavy atom. The van der Waals surface area contributed by atoms with E-state index in [4.69, 9.17) is 0 Å². The maximum Gasteiger partial charge on any atom is 0.416 e. The van der Waals surface area contributed by atoms with E-state index in [2.05, 4.69) is 19.6 Å². The van der Waals surface area contributed by atoms with Crippen LogP contribution in [0.4, 0.5) is 35.2 Å². The largest absolute Gasteiger partial charge is 0.416 e. The Labute approximate surface area is 196 Å². The van der Waals surface area contributed by atoms with Gasteiger partial charge in [-0.15, -0.1) is 5.10 Å². The Morgan fingerprint density at radius 1 is 1.15 bits per heavy atom. The summed E-state index contributed by atoms with van der Waals surface area (Å²) in [5.74, 6) is 0.627. The highest BCUT2D eigenvalue weighted by molar-refractivity contribution is 7.99. The van der Waals surface area contributed by atoms with Crippen LogP contribution in [-0.4, -0.2) is 66.2 Å². The van der Waals surface area contributed by atoms with Gasteiger partial charge in [-0.05, 0) is 43.9 Å². The molecule has 1 aromatic carbocycles. The van der Waals surface area contributed by atoms with Crippen LogP contribution >= 0.6 is 11.9 Å². The van der Waals surface area contributed by atoms with Gasteiger partial charge >= 0.3 is 12.2 Å². The number of nitrogens with zero attached hydrogens (tertiary/aromatic N) is 5. The zero-order valence-electron chi connectivity index (χ0n) is 18.8. The molecule has 0 atom stereocenters. The zero-order valence-corrected chi connectivity index (χ0v) is 19.6. The van der Waals surface area contributed by atoms with Crippen LogP contribution in [0.5, 0.6) is 0 Å². The Bertz CT molecular complexity index is 967. The molecular formula is C22H29F3N6OS. The molecule has 0 bridgehead atoms. The van der Waals surface area contributed by atoms with Crippen LogP contribution in [-0.2, 0) is 6.18 Å². The first kappa shape index (κ1) is 23.6. The molecular weight excluding hydrogens is 453 g/mol. The fourth-order valence-corrected chi connectivity index (χ4v) is 4.90. The van der Waals surface area contributed by atoms with E-state index in [9.17, 15) is 18.0 Å². The maximum atomic E-state index is 13.4. The SMILES string of the molecule is CSNc1ccn(C(=O)N2CCC(N(C)c3ccc(C(F)(F)F)cc3N3CCCC3)CC2)n1. The highest BCUT2D eigenvalue weighted by Gasteiger charge is 2.33. The highest BCUT2D eigenvalue weighted by atomic mass is 32.2. The zero-order chi connectivity index (χ0) is 23.6. The Kier molecular flexibility index (Phi) is 6.96. The molecule has 4 rings (SSSR count). The van der Waals surface area contributed by atoms with E-state index < -0.39 is 11.7 Å². The molecule has 0 radical (unpaired) electrons. The van der Waals surface area contributed by atoms with Crippen molar-refractivity contribution < 1.29 is 18.0 Å². The minimum absolute atomic E-state index is 0.137. The lowest BCUT2D eigenvalue weighted by Crippen LogP contribution is -2.47. The third kappa shape index (κ3) is 5.18. The number of rotatable bonds is 5. The van der Waals surface area contributed by atoms with E-state index in [1.807, 2.05) is 13.3 Å². The fourth-order valence-electron chi connectivity index (χ4n) is 4.58. The van der Waals surface area contributed by atoms with Crippen molar-refractivity contribution in [2.45, 2.75) is 37.9 Å². The summed E-state index contributed by atoms with van der Waals surface area (Å²) in [6.45, 7) is 2.68. The number of anilines is 3. The lowest BCUT2D eigenvalue weighted by molar-refractivity contribution is -0.137. The Hall–Kier alpha value is -2.56. The molecule has 11 heteroatoms. The van der Waals surface area contributed by atoms with E-state index in [0.29, 0.717) is 24.6 Å². The quantitative estimate of drug-likeness (QED) is 0.620. The standard InChI is InChI=1S/C22H29F3N6OS/c1-28(18-6-5-16(22(23,24)25)15-19(18)29-10-3-4-11-29)17-7-12-30(13-8-17)21(32)31-14-9-20(26-31)27-33-2/h5-6,9,14-15,17H,3-4,7-8,10-13H2,1-2H3,(H,26,27). The molecule has 1 amide bonds. The van der Waals surface area contributed by atoms with E-state index >= 15 is 0 Å². The lowest BCUT2D eigenvalue weighted by Gasteiger charge is -2.39. The van der Waals surface area contributed by atoms with Crippen LogP contribution in [0, 0.1) is 0 Å². The average molecular weight is 483 g/mol. The molecule has 2 aliphatic rings. The van der Waals surface area contributed by atoms with Crippen molar-refractivity contribution in [3.8, 4) is 0 Å². The number of carbonyl (C=O) groups excluding carboxylic acids is 1. The second-order valence-electron chi connectivity index (χ2n) is 8.46. The molecule has 1 N–H and O–H groups in total. The minimum atomic E-state index is -4.37. The van der Waals surface area contributed by atoms with Gasteiger partial charge in [0.25, 0.3) is 0 Å². The van der Waals surface area contributed by atoms with Gasteiger partial charge in [-0.1, -0.05) is 11.9 Å². The van der Waals surface area contributed by atoms with E-state index in [-0.39, 0.29) is 12.1 Å². The van der Waals surface area contributed by atoms with Crippen molar-refractivity contribution >= 4 is 35.2 Å². The summed E-state index contributed by atoms with van der Waals surface area (Å²) in [4.78, 5) is 18.7. The normalized spacial score (nSPS) is 17.5. The van der Waals surface area contributed by atoms with Crippen LogP contribution in [0.3, 0.4) is 0 Å². The minimum Gasteiger partial charge on any atom is -0.370 e. The molecule has 0 aliphatic carbocycles. The number of hydrogen-bond donors (Lipinski definition) is 1. The molecule has 2 aromatic rings. The number of amides is 1. The second-order valence-corrected chi connectivity index (χ2v) is 9.07. The van der Waals surface area contributed by atoms with Crippen molar-refractivity contribution in [2.24, 2.45) is 0 Å². The van der Waals surface area contributed by atoms with Gasteiger partial charge in [0.1, 0.15) is 0 Å². The van der Waals surface area contributed by atoms with Gasteiger partial charge in [-0.25, -0.2) is 4.79 Å². The predicted molar refractivity (Wildman–Crippen MR) is 126 cm³/mol. The highest BCUT2D eigenvalue weighted by Crippen LogP contribution is 2.39. The number of aromatic nitrogens is 2. The van der Waals surface area contributed by atoms with Crippen molar-refractivity contribution in [2.75, 3.05) is 54.0 Å². The molecule has 2 aliphatic heterocycles. The smallest absolute Gasteiger partial charge is 0.370 e. The summed E-state index contributed by atoms with van der Waals surface area (Å²) in [6, 6.07) is 5.77. The van der Waals surface area contributed by atoms with Gasteiger partial charge in [-0.3, -0.25) is 0 Å². The van der Waals surface area contributed by atoms with Crippen molar-refractivity contribution in [1.29, 1.82) is 0 Å². The molecule has 7 nitrogen and oxygen atoms in total. The number of nitrogens with one attached hydrogen (secondary N) is 1. The van der Waals surface area contributed by atoms with Gasteiger partial charge in [0.2, 0.25) is 0 Å². The van der Waals surface area contributed by atoms with E-state index in [0.717, 1.165) is 44.5 Å². The van der Waals surface area contributed by atoms with Gasteiger partial charge in [0, 0.05) is 57.8 Å². The van der Waals surface area contributed by atoms with Crippen LogP contribution in [0.25, 0.3) is 0 Å². The average Bonchev–Trinajstić information content (AvgIpc) is 3.50. The second kappa shape index (κ2) is 9.74. The van der Waals surface area contributed by atoms with Crippen LogP contribution in [0.1, 0.15) is 31.2 Å². The Balaban J connectivity index is 1.45. The van der Waals surface area contributed by atoms with Gasteiger partial charge in [0.05, 0.1) is 16.9 Å². The van der Waals surface area contributed by atoms with E-state index in [1.165, 1.54) is 28.8 Å². The first-order valence-electron chi connectivity index (χ1n) is 11.1. The number of hydrogen-bond acceptors (Lipinski definition) is 6. The molecule has 2 fully saturated rings. The predicted octanol–water partition coefficient (Wildman–Crippen LogP) is 4.76. The topological polar surface area (TPSA) is 56.6 Å². The molecule has 0 spiro atoms. The van der Waals surface area contributed by atoms with Gasteiger partial charge < -0.3 is 19.4 Å². The number of halogens is 3. The summed E-state index contributed by atoms with van der Waals surface area (Å²) in [5.41, 5.74) is 0.847. The van der Waals surface area contributed by atoms with Crippen LogP contribution < -0.4 is 14.5 Å². The maximum absolute atomic E-state index is 13.4. The summed E-state index contributed by atoms with van der Waals surface area (Å²) in [6.07, 6.45) is 2.61. The molecule has 3 heterocycles. The summed E-state index contributed by atoms with van der Waals surface area (Å²) >= 11 is 1.41. The van der Waals surface area contributed by atoms with Crippen molar-refractivity contribution in [1.82, 2.24) is 14.7 Å². The number of benzene rings is 1. The molecule has 0 unspecified atom stereocenters. The molecule has 2 saturated heterocycles. The molecule has 180 valence electrons. The first-order valence-corrected chi connectivity index (χ1v) is 12.3. The molecule has 0 saturated carbocycles. The number of carbonyl (C=O) groups is 1. The van der Waals surface area contributed by atoms with Crippen molar-refractivity contribution in [3.05, 3.63) is 36.0 Å². The molecule has 33 heavy (non-hydrogen) atoms. The van der Waals surface area contributed by atoms with Crippen LogP contribution in [0.2, 0.25) is 0 Å². The van der Waals surface area contributed by atoms with Crippen molar-refractivity contribution in [3.63, 3.8) is 0 Å². The molecule has 1 aromatic heterocycles. The monoisotopic (exact) mass is 482 g/mol. The van der Waals surface area contributed by atoms with E-state index in [1.54, 1.807) is 23.2 Å². The number of piperidine rings is 1. The first-order chi connectivity index (χ1) is 15.8. The van der Waals surface area contributed by atoms with Gasteiger partial charge in [-0.2, -0.15) is 17.9 Å². The van der Waals surface area contributed by atoms with Crippen LogP contribution in [0.15, 0.2) is 30.5 Å². The summed E-state index contributed by atoms with van der Waals surface area (Å²) < 4.78 is 44.4. The summed E-state index contributed by atoms with van der Waals surface area (Å²) in [7, 11) is 1.94. The lowest BCUT2D eigenvalue weighted by atomic mass is 10.0. The number of likely N-dealkylation sites (tertiary alicyclic amines) is 1. The third-order valence-electron chi connectivity index (χ3n) is 6.40.